The van der Waals surface area contributed by atoms with Gasteiger partial charge in [0.25, 0.3) is 0 Å². The summed E-state index contributed by atoms with van der Waals surface area (Å²) in [6.07, 6.45) is 2.71. The second-order valence-electron chi connectivity index (χ2n) is 1.51. The van der Waals surface area contributed by atoms with E-state index < -0.39 is 5.97 Å². The summed E-state index contributed by atoms with van der Waals surface area (Å²) < 4.78 is 4.55. The van der Waals surface area contributed by atoms with Crippen molar-refractivity contribution in [3.63, 3.8) is 0 Å². The highest BCUT2D eigenvalue weighted by Crippen LogP contribution is 1.89. The Labute approximate surface area is 59.9 Å². The van der Waals surface area contributed by atoms with Crippen LogP contribution in [0.25, 0.3) is 0 Å². The van der Waals surface area contributed by atoms with Crippen LogP contribution in [0.2, 0.25) is 0 Å². The van der Waals surface area contributed by atoms with E-state index in [0.29, 0.717) is 0 Å². The molecule has 0 fully saturated rings. The van der Waals surface area contributed by atoms with Crippen LogP contribution >= 0.6 is 0 Å². The molecule has 1 radical (unpaired) electrons. The number of carbonyl (C=O) groups excluding carboxylic acids is 1. The Morgan fingerprint density at radius 3 is 3.00 bits per heavy atom. The molecule has 0 aromatic carbocycles. The molecule has 3 heteroatoms. The van der Waals surface area contributed by atoms with Gasteiger partial charge in [-0.2, -0.15) is 5.26 Å². The normalized spacial score (nSPS) is 7.90. The maximum atomic E-state index is 10.5. The van der Waals surface area contributed by atoms with E-state index in [1.54, 1.807) is 6.07 Å². The van der Waals surface area contributed by atoms with Gasteiger partial charge in [-0.3, -0.25) is 4.79 Å². The summed E-state index contributed by atoms with van der Waals surface area (Å²) in [5.74, 6) is -0.401. The zero-order chi connectivity index (χ0) is 7.82. The fourth-order valence-electron chi connectivity index (χ4n) is 0.340. The van der Waals surface area contributed by atoms with Crippen LogP contribution in [0, 0.1) is 17.8 Å². The van der Waals surface area contributed by atoms with Crippen LogP contribution in [0.3, 0.4) is 0 Å². The van der Waals surface area contributed by atoms with Gasteiger partial charge in [0.1, 0.15) is 6.61 Å². The van der Waals surface area contributed by atoms with Crippen molar-refractivity contribution in [2.75, 3.05) is 6.61 Å². The number of esters is 1. The van der Waals surface area contributed by atoms with Gasteiger partial charge in [0.05, 0.1) is 18.9 Å². The van der Waals surface area contributed by atoms with E-state index in [4.69, 9.17) is 5.26 Å². The van der Waals surface area contributed by atoms with Gasteiger partial charge in [-0.05, 0) is 0 Å². The molecule has 0 aliphatic heterocycles. The molecule has 0 amide bonds. The molecule has 10 heavy (non-hydrogen) atoms. The Kier molecular flexibility index (Phi) is 5.07. The van der Waals surface area contributed by atoms with Crippen molar-refractivity contribution in [3.8, 4) is 6.07 Å². The van der Waals surface area contributed by atoms with Gasteiger partial charge in [-0.25, -0.2) is 0 Å². The fraction of sp³-hybridized carbons (Fsp3) is 0.286. The first kappa shape index (κ1) is 8.70. The zero-order valence-corrected chi connectivity index (χ0v) is 5.54. The van der Waals surface area contributed by atoms with Gasteiger partial charge in [0, 0.05) is 0 Å². The molecule has 0 spiro atoms. The molecule has 53 valence electrons. The van der Waals surface area contributed by atoms with Crippen molar-refractivity contribution in [3.05, 3.63) is 19.1 Å². The standard InChI is InChI=1S/C7H8NO2/c1-2-6-10-7(9)4-3-5-8/h2-3H,1,4,6H2. The number of carbonyl (C=O) groups is 1. The molecule has 0 aromatic rings. The highest BCUT2D eigenvalue weighted by molar-refractivity contribution is 5.71. The van der Waals surface area contributed by atoms with Crippen LogP contribution in [-0.2, 0) is 9.53 Å². The summed E-state index contributed by atoms with van der Waals surface area (Å²) in [5, 5.41) is 8.01. The molecule has 0 saturated carbocycles. The van der Waals surface area contributed by atoms with Gasteiger partial charge < -0.3 is 4.74 Å². The summed E-state index contributed by atoms with van der Waals surface area (Å²) in [5.41, 5.74) is 0. The Morgan fingerprint density at radius 2 is 2.50 bits per heavy atom. The predicted molar refractivity (Wildman–Crippen MR) is 35.7 cm³/mol. The zero-order valence-electron chi connectivity index (χ0n) is 5.54. The highest BCUT2D eigenvalue weighted by Gasteiger charge is 1.98. The number of ether oxygens (including phenoxy) is 1. The van der Waals surface area contributed by atoms with Crippen LogP contribution in [-0.4, -0.2) is 12.6 Å². The lowest BCUT2D eigenvalue weighted by Crippen LogP contribution is -2.03. The van der Waals surface area contributed by atoms with Crippen LogP contribution in [0.1, 0.15) is 6.42 Å². The maximum absolute atomic E-state index is 10.5. The molecular formula is C7H8NO2. The average Bonchev–Trinajstić information content (AvgIpc) is 1.97. The molecule has 0 aliphatic carbocycles. The van der Waals surface area contributed by atoms with E-state index in [1.165, 1.54) is 12.5 Å². The van der Waals surface area contributed by atoms with Crippen molar-refractivity contribution in [1.82, 2.24) is 0 Å². The van der Waals surface area contributed by atoms with Gasteiger partial charge in [0.15, 0.2) is 0 Å². The third kappa shape index (κ3) is 4.85. The van der Waals surface area contributed by atoms with Crippen molar-refractivity contribution < 1.29 is 9.53 Å². The first-order valence-corrected chi connectivity index (χ1v) is 2.79. The smallest absolute Gasteiger partial charge is 0.307 e. The summed E-state index contributed by atoms with van der Waals surface area (Å²) in [6, 6.07) is 1.72. The molecular weight excluding hydrogens is 130 g/mol. The summed E-state index contributed by atoms with van der Waals surface area (Å²) in [4.78, 5) is 10.5. The minimum absolute atomic E-state index is 0.0460. The summed E-state index contributed by atoms with van der Waals surface area (Å²) >= 11 is 0. The lowest BCUT2D eigenvalue weighted by molar-refractivity contribution is -0.141. The van der Waals surface area contributed by atoms with Gasteiger partial charge in [0.2, 0.25) is 0 Å². The number of rotatable bonds is 4. The number of hydrogen-bond donors (Lipinski definition) is 0. The average molecular weight is 138 g/mol. The van der Waals surface area contributed by atoms with E-state index in [-0.39, 0.29) is 13.0 Å². The van der Waals surface area contributed by atoms with Crippen LogP contribution in [0.15, 0.2) is 12.7 Å². The first-order chi connectivity index (χ1) is 4.81. The monoisotopic (exact) mass is 138 g/mol. The minimum Gasteiger partial charge on any atom is -0.461 e. The second-order valence-corrected chi connectivity index (χ2v) is 1.51. The molecule has 0 heterocycles. The Morgan fingerprint density at radius 1 is 1.80 bits per heavy atom. The SMILES string of the molecule is C=CCOC(=O)C[CH]C#N. The fourth-order valence-corrected chi connectivity index (χ4v) is 0.340. The molecule has 3 nitrogen and oxygen atoms in total. The Balaban J connectivity index is 3.27. The van der Waals surface area contributed by atoms with Crippen molar-refractivity contribution in [2.45, 2.75) is 6.42 Å². The van der Waals surface area contributed by atoms with E-state index in [1.807, 2.05) is 0 Å². The van der Waals surface area contributed by atoms with E-state index in [9.17, 15) is 4.79 Å². The largest absolute Gasteiger partial charge is 0.461 e. The molecule has 0 aromatic heterocycles. The summed E-state index contributed by atoms with van der Waals surface area (Å²) in [6.45, 7) is 3.57. The minimum atomic E-state index is -0.401. The second kappa shape index (κ2) is 5.83. The third-order valence-corrected chi connectivity index (χ3v) is 0.722. The van der Waals surface area contributed by atoms with Crippen molar-refractivity contribution >= 4 is 5.97 Å². The number of nitriles is 1. The lowest BCUT2D eigenvalue weighted by Gasteiger charge is -1.96. The van der Waals surface area contributed by atoms with Gasteiger partial charge >= 0.3 is 5.97 Å². The van der Waals surface area contributed by atoms with E-state index >= 15 is 0 Å². The molecule has 0 saturated heterocycles. The topological polar surface area (TPSA) is 50.1 Å². The Bertz CT molecular complexity index is 157. The van der Waals surface area contributed by atoms with Crippen LogP contribution in [0.5, 0.6) is 0 Å². The van der Waals surface area contributed by atoms with Crippen LogP contribution in [0.4, 0.5) is 0 Å². The predicted octanol–water partition coefficient (Wildman–Crippen LogP) is 0.834. The molecule has 0 N–H and O–H groups in total. The highest BCUT2D eigenvalue weighted by atomic mass is 16.5. The van der Waals surface area contributed by atoms with E-state index in [2.05, 4.69) is 11.3 Å². The number of nitrogens with zero attached hydrogens (tertiary/aromatic N) is 1. The van der Waals surface area contributed by atoms with Gasteiger partial charge in [-0.15, -0.1) is 0 Å². The summed E-state index contributed by atoms with van der Waals surface area (Å²) in [7, 11) is 0. The quantitative estimate of drug-likeness (QED) is 0.427. The lowest BCUT2D eigenvalue weighted by atomic mass is 10.3. The number of hydrogen-bond acceptors (Lipinski definition) is 3. The molecule has 0 unspecified atom stereocenters. The maximum Gasteiger partial charge on any atom is 0.307 e. The van der Waals surface area contributed by atoms with Crippen molar-refractivity contribution in [1.29, 1.82) is 5.26 Å². The molecule has 0 bridgehead atoms. The molecule has 0 aliphatic rings. The van der Waals surface area contributed by atoms with Crippen LogP contribution < -0.4 is 0 Å². The first-order valence-electron chi connectivity index (χ1n) is 2.79. The van der Waals surface area contributed by atoms with E-state index in [0.717, 1.165) is 0 Å². The molecule has 0 rings (SSSR count). The van der Waals surface area contributed by atoms with Crippen molar-refractivity contribution in [2.24, 2.45) is 0 Å². The Hall–Kier alpha value is -1.30. The molecule has 0 atom stereocenters. The van der Waals surface area contributed by atoms with Gasteiger partial charge in [-0.1, -0.05) is 12.7 Å². The third-order valence-electron chi connectivity index (χ3n) is 0.722.